The normalized spacial score (nSPS) is 1.00. The van der Waals surface area contributed by atoms with Gasteiger partial charge in [-0.15, -0.1) is 0 Å². The van der Waals surface area contributed by atoms with E-state index < -0.39 is 0 Å². The summed E-state index contributed by atoms with van der Waals surface area (Å²) in [6.45, 7) is 5.00. The third-order valence-corrected chi connectivity index (χ3v) is 0. The molecule has 0 unspecified atom stereocenters. The molecule has 0 N–H and O–H groups in total. The van der Waals surface area contributed by atoms with Crippen LogP contribution in [-0.4, -0.2) is 0 Å². The van der Waals surface area contributed by atoms with Crippen LogP contribution in [0.1, 0.15) is 6.92 Å². The Labute approximate surface area is 50.3 Å². The molecular formula is C2H5F3Ti. The molecule has 0 rings (SSSR count). The van der Waals surface area contributed by atoms with Gasteiger partial charge in [-0.3, -0.25) is 0 Å². The summed E-state index contributed by atoms with van der Waals surface area (Å²) in [7, 11) is 0. The Morgan fingerprint density at radius 3 is 0.833 bits per heavy atom. The summed E-state index contributed by atoms with van der Waals surface area (Å²) < 4.78 is 0. The topological polar surface area (TPSA) is 0 Å². The largest absolute Gasteiger partial charge is 3.00 e. The molecule has 0 nitrogen and oxygen atoms in total. The van der Waals surface area contributed by atoms with Gasteiger partial charge in [0, 0.05) is 0 Å². The summed E-state index contributed by atoms with van der Waals surface area (Å²) in [6.07, 6.45) is 0. The summed E-state index contributed by atoms with van der Waals surface area (Å²) in [6, 6.07) is 0. The van der Waals surface area contributed by atoms with Crippen LogP contribution in [0, 0.1) is 6.92 Å². The SMILES string of the molecule is [CH2]C.[F-].[F-].[F-].[Ti+3]. The van der Waals surface area contributed by atoms with Gasteiger partial charge in [-0.05, 0) is 0 Å². The van der Waals surface area contributed by atoms with E-state index in [1.807, 2.05) is 0 Å². The van der Waals surface area contributed by atoms with Crippen molar-refractivity contribution in [3.63, 3.8) is 0 Å². The Balaban J connectivity index is -0.000000000833. The maximum absolute atomic E-state index is 3.25. The molecule has 4 heteroatoms. The Morgan fingerprint density at radius 1 is 0.833 bits per heavy atom. The van der Waals surface area contributed by atoms with E-state index in [2.05, 4.69) is 6.92 Å². The van der Waals surface area contributed by atoms with Gasteiger partial charge in [0.25, 0.3) is 0 Å². The van der Waals surface area contributed by atoms with Crippen molar-refractivity contribution >= 4 is 0 Å². The molecule has 0 spiro atoms. The van der Waals surface area contributed by atoms with Crippen molar-refractivity contribution in [1.82, 2.24) is 0 Å². The second-order valence-electron chi connectivity index (χ2n) is 0. The van der Waals surface area contributed by atoms with Crippen LogP contribution in [0.4, 0.5) is 0 Å². The molecule has 0 aromatic heterocycles. The molecular weight excluding hydrogens is 129 g/mol. The molecule has 0 aromatic carbocycles. The second kappa shape index (κ2) is 439. The van der Waals surface area contributed by atoms with E-state index in [4.69, 9.17) is 0 Å². The first-order valence-electron chi connectivity index (χ1n) is 0.707. The second-order valence-corrected chi connectivity index (χ2v) is 0. The third kappa shape index (κ3) is 218. The first-order chi connectivity index (χ1) is 1.00. The standard InChI is InChI=1S/C2H5.3FH.Ti/c1-2;;;;/h1H2,2H3;3*1H;/q;;;;+3/p-3. The van der Waals surface area contributed by atoms with E-state index in [0.717, 1.165) is 0 Å². The number of hydrogen-bond acceptors (Lipinski definition) is 0. The average Bonchev–Trinajstić information content (AvgIpc) is 1.00. The summed E-state index contributed by atoms with van der Waals surface area (Å²) in [5.74, 6) is 0. The molecule has 0 heterocycles. The van der Waals surface area contributed by atoms with Gasteiger partial charge in [0.15, 0.2) is 0 Å². The smallest absolute Gasteiger partial charge is 1.00 e. The Morgan fingerprint density at radius 2 is 0.833 bits per heavy atom. The zero-order valence-electron chi connectivity index (χ0n) is 3.34. The molecule has 0 saturated heterocycles. The summed E-state index contributed by atoms with van der Waals surface area (Å²) >= 11 is 0. The first-order valence-corrected chi connectivity index (χ1v) is 0.707. The van der Waals surface area contributed by atoms with Crippen molar-refractivity contribution in [3.8, 4) is 0 Å². The molecule has 0 amide bonds. The van der Waals surface area contributed by atoms with Gasteiger partial charge in [-0.1, -0.05) is 13.8 Å². The monoisotopic (exact) mass is 134 g/mol. The molecule has 2 radical (unpaired) electrons. The molecule has 0 bridgehead atoms. The van der Waals surface area contributed by atoms with Crippen molar-refractivity contribution in [2.45, 2.75) is 6.92 Å². The maximum atomic E-state index is 3.25. The van der Waals surface area contributed by atoms with Crippen LogP contribution in [0.5, 0.6) is 0 Å². The van der Waals surface area contributed by atoms with Crippen LogP contribution in [-0.2, 0) is 21.7 Å². The Bertz CT molecular complexity index is 8.75. The van der Waals surface area contributed by atoms with Gasteiger partial charge in [-0.2, -0.15) is 0 Å². The minimum Gasteiger partial charge on any atom is -1.00 e. The fourth-order valence-electron chi connectivity index (χ4n) is 0. The van der Waals surface area contributed by atoms with Crippen molar-refractivity contribution < 1.29 is 35.8 Å². The van der Waals surface area contributed by atoms with E-state index in [1.165, 1.54) is 0 Å². The van der Waals surface area contributed by atoms with Gasteiger partial charge in [0.05, 0.1) is 0 Å². The Kier molecular flexibility index (Phi) is 6370. The number of rotatable bonds is 0. The van der Waals surface area contributed by atoms with Crippen LogP contribution in [0.25, 0.3) is 0 Å². The molecule has 0 aliphatic heterocycles. The van der Waals surface area contributed by atoms with E-state index in [-0.39, 0.29) is 35.8 Å². The van der Waals surface area contributed by atoms with Crippen LogP contribution in [0.3, 0.4) is 0 Å². The van der Waals surface area contributed by atoms with Crippen LogP contribution >= 0.6 is 0 Å². The quantitative estimate of drug-likeness (QED) is 0.288. The van der Waals surface area contributed by atoms with Crippen LogP contribution in [0.2, 0.25) is 0 Å². The van der Waals surface area contributed by atoms with Gasteiger partial charge < -0.3 is 14.1 Å². The fraction of sp³-hybridized carbons (Fsp3) is 0.500. The van der Waals surface area contributed by atoms with E-state index in [0.29, 0.717) is 0 Å². The Hall–Kier alpha value is 0.504. The van der Waals surface area contributed by atoms with Gasteiger partial charge in [0.1, 0.15) is 0 Å². The van der Waals surface area contributed by atoms with Crippen molar-refractivity contribution in [2.24, 2.45) is 0 Å². The van der Waals surface area contributed by atoms with Crippen molar-refractivity contribution in [3.05, 3.63) is 6.92 Å². The minimum absolute atomic E-state index is 0. The van der Waals surface area contributed by atoms with E-state index >= 15 is 0 Å². The molecule has 6 heavy (non-hydrogen) atoms. The van der Waals surface area contributed by atoms with Gasteiger partial charge in [-0.25, -0.2) is 0 Å². The zero-order chi connectivity index (χ0) is 2.00. The first kappa shape index (κ1) is 87.1. The molecule has 0 aliphatic rings. The average molecular weight is 134 g/mol. The van der Waals surface area contributed by atoms with Gasteiger partial charge >= 0.3 is 21.7 Å². The summed E-state index contributed by atoms with van der Waals surface area (Å²) in [5, 5.41) is 0. The third-order valence-electron chi connectivity index (χ3n) is 0. The van der Waals surface area contributed by atoms with Crippen LogP contribution < -0.4 is 14.1 Å². The molecule has 0 atom stereocenters. The molecule has 0 saturated carbocycles. The maximum Gasteiger partial charge on any atom is 3.00 e. The van der Waals surface area contributed by atoms with Crippen molar-refractivity contribution in [1.29, 1.82) is 0 Å². The zero-order valence-corrected chi connectivity index (χ0v) is 4.90. The van der Waals surface area contributed by atoms with Crippen LogP contribution in [0.15, 0.2) is 0 Å². The fourth-order valence-corrected chi connectivity index (χ4v) is 0. The number of halogens is 3. The van der Waals surface area contributed by atoms with Crippen molar-refractivity contribution in [2.75, 3.05) is 0 Å². The minimum atomic E-state index is 0. The molecule has 0 aliphatic carbocycles. The molecule has 0 fully saturated rings. The predicted molar refractivity (Wildman–Crippen MR) is 11.0 cm³/mol. The predicted octanol–water partition coefficient (Wildman–Crippen LogP) is -8.15. The van der Waals surface area contributed by atoms with E-state index in [1.54, 1.807) is 6.92 Å². The summed E-state index contributed by atoms with van der Waals surface area (Å²) in [5.41, 5.74) is 0. The molecule has 0 aromatic rings. The van der Waals surface area contributed by atoms with Gasteiger partial charge in [0.2, 0.25) is 0 Å². The summed E-state index contributed by atoms with van der Waals surface area (Å²) in [4.78, 5) is 0. The van der Waals surface area contributed by atoms with E-state index in [9.17, 15) is 0 Å². The molecule has 38 valence electrons. The number of hydrogen-bond donors (Lipinski definition) is 0.